The molecule has 4 heteroatoms. The smallest absolute Gasteiger partial charge is 0.227 e. The number of thiocarbonyl (C=S) groups is 1. The van der Waals surface area contributed by atoms with Gasteiger partial charge in [-0.1, -0.05) is 49.5 Å². The number of amides is 1. The molecule has 1 aromatic rings. The van der Waals surface area contributed by atoms with Crippen LogP contribution in [-0.4, -0.2) is 17.4 Å². The highest BCUT2D eigenvalue weighted by Crippen LogP contribution is 2.19. The molecule has 1 aromatic carbocycles. The van der Waals surface area contributed by atoms with E-state index in [1.54, 1.807) is 0 Å². The molecular formula is C15H22N2OS. The minimum atomic E-state index is -0.0585. The summed E-state index contributed by atoms with van der Waals surface area (Å²) in [7, 11) is 0. The Hall–Kier alpha value is -1.42. The molecule has 0 spiro atoms. The van der Waals surface area contributed by atoms with E-state index in [1.807, 2.05) is 37.3 Å². The number of nitrogens with two attached hydrogens (primary N) is 1. The quantitative estimate of drug-likeness (QED) is 0.568. The Morgan fingerprint density at radius 1 is 1.32 bits per heavy atom. The first-order valence-corrected chi connectivity index (χ1v) is 7.17. The summed E-state index contributed by atoms with van der Waals surface area (Å²) in [6.45, 7) is 2.72. The standard InChI is InChI=1S/C15H22N2OS/c1-2-13(12-8-4-3-5-9-12)15(18)17-11-7-6-10-14(16)19/h3-5,8-9,13H,2,6-7,10-11H2,1H3,(H2,16,19)(H,17,18). The minimum absolute atomic E-state index is 0.0585. The fourth-order valence-corrected chi connectivity index (χ4v) is 2.16. The summed E-state index contributed by atoms with van der Waals surface area (Å²) in [5.41, 5.74) is 6.50. The second-order valence-electron chi connectivity index (χ2n) is 4.59. The Balaban J connectivity index is 2.37. The van der Waals surface area contributed by atoms with Gasteiger partial charge in [0, 0.05) is 6.54 Å². The molecule has 0 aliphatic carbocycles. The largest absolute Gasteiger partial charge is 0.393 e. The highest BCUT2D eigenvalue weighted by atomic mass is 32.1. The van der Waals surface area contributed by atoms with E-state index in [2.05, 4.69) is 5.32 Å². The van der Waals surface area contributed by atoms with Crippen LogP contribution in [0.3, 0.4) is 0 Å². The third kappa shape index (κ3) is 5.83. The van der Waals surface area contributed by atoms with Gasteiger partial charge in [0.2, 0.25) is 5.91 Å². The second kappa shape index (κ2) is 8.64. The monoisotopic (exact) mass is 278 g/mol. The van der Waals surface area contributed by atoms with Gasteiger partial charge in [-0.25, -0.2) is 0 Å². The van der Waals surface area contributed by atoms with Crippen molar-refractivity contribution < 1.29 is 4.79 Å². The van der Waals surface area contributed by atoms with Gasteiger partial charge in [-0.15, -0.1) is 0 Å². The van der Waals surface area contributed by atoms with Crippen molar-refractivity contribution in [2.45, 2.75) is 38.5 Å². The summed E-state index contributed by atoms with van der Waals surface area (Å²) in [4.78, 5) is 12.7. The minimum Gasteiger partial charge on any atom is -0.393 e. The van der Waals surface area contributed by atoms with Gasteiger partial charge in [0.1, 0.15) is 0 Å². The number of hydrogen-bond donors (Lipinski definition) is 2. The second-order valence-corrected chi connectivity index (χ2v) is 5.11. The molecule has 3 N–H and O–H groups in total. The summed E-state index contributed by atoms with van der Waals surface area (Å²) < 4.78 is 0. The maximum absolute atomic E-state index is 12.1. The molecule has 19 heavy (non-hydrogen) atoms. The fourth-order valence-electron chi connectivity index (χ4n) is 2.02. The molecule has 3 nitrogen and oxygen atoms in total. The number of benzene rings is 1. The van der Waals surface area contributed by atoms with E-state index >= 15 is 0 Å². The molecular weight excluding hydrogens is 256 g/mol. The summed E-state index contributed by atoms with van der Waals surface area (Å²) in [5.74, 6) is 0.0424. The van der Waals surface area contributed by atoms with E-state index in [1.165, 1.54) is 0 Å². The number of unbranched alkanes of at least 4 members (excludes halogenated alkanes) is 1. The van der Waals surface area contributed by atoms with E-state index in [-0.39, 0.29) is 11.8 Å². The third-order valence-corrected chi connectivity index (χ3v) is 3.28. The average molecular weight is 278 g/mol. The van der Waals surface area contributed by atoms with E-state index in [4.69, 9.17) is 18.0 Å². The first kappa shape index (κ1) is 15.6. The van der Waals surface area contributed by atoms with Crippen LogP contribution in [0, 0.1) is 0 Å². The van der Waals surface area contributed by atoms with Crippen molar-refractivity contribution in [1.82, 2.24) is 5.32 Å². The van der Waals surface area contributed by atoms with Crippen molar-refractivity contribution in [1.29, 1.82) is 0 Å². The predicted octanol–water partition coefficient (Wildman–Crippen LogP) is 2.75. The van der Waals surface area contributed by atoms with Crippen molar-refractivity contribution in [3.05, 3.63) is 35.9 Å². The molecule has 0 fully saturated rings. The average Bonchev–Trinajstić information content (AvgIpc) is 2.40. The van der Waals surface area contributed by atoms with Gasteiger partial charge in [-0.3, -0.25) is 4.79 Å². The maximum Gasteiger partial charge on any atom is 0.227 e. The van der Waals surface area contributed by atoms with Crippen LogP contribution < -0.4 is 11.1 Å². The molecule has 1 amide bonds. The molecule has 0 saturated carbocycles. The lowest BCUT2D eigenvalue weighted by molar-refractivity contribution is -0.122. The van der Waals surface area contributed by atoms with Crippen molar-refractivity contribution in [2.75, 3.05) is 6.54 Å². The summed E-state index contributed by atoms with van der Waals surface area (Å²) in [6, 6.07) is 9.89. The van der Waals surface area contributed by atoms with Crippen LogP contribution in [-0.2, 0) is 4.79 Å². The van der Waals surface area contributed by atoms with Gasteiger partial charge >= 0.3 is 0 Å². The number of carbonyl (C=O) groups is 1. The molecule has 0 saturated heterocycles. The van der Waals surface area contributed by atoms with Crippen molar-refractivity contribution in [2.24, 2.45) is 5.73 Å². The van der Waals surface area contributed by atoms with Gasteiger partial charge in [0.05, 0.1) is 10.9 Å². The van der Waals surface area contributed by atoms with Crippen LogP contribution >= 0.6 is 12.2 Å². The van der Waals surface area contributed by atoms with Gasteiger partial charge in [0.25, 0.3) is 0 Å². The first-order chi connectivity index (χ1) is 9.15. The molecule has 1 rings (SSSR count). The molecule has 0 heterocycles. The Kier molecular flexibility index (Phi) is 7.11. The Bertz CT molecular complexity index is 406. The molecule has 0 aliphatic rings. The van der Waals surface area contributed by atoms with Crippen molar-refractivity contribution in [3.63, 3.8) is 0 Å². The topological polar surface area (TPSA) is 55.1 Å². The van der Waals surface area contributed by atoms with E-state index < -0.39 is 0 Å². The van der Waals surface area contributed by atoms with Crippen molar-refractivity contribution >= 4 is 23.1 Å². The van der Waals surface area contributed by atoms with Gasteiger partial charge in [-0.2, -0.15) is 0 Å². The highest BCUT2D eigenvalue weighted by Gasteiger charge is 2.17. The normalized spacial score (nSPS) is 11.8. The summed E-state index contributed by atoms with van der Waals surface area (Å²) in [5, 5.41) is 2.98. The SMILES string of the molecule is CCC(C(=O)NCCCCC(N)=S)c1ccccc1. The molecule has 1 atom stereocenters. The van der Waals surface area contributed by atoms with E-state index in [0.717, 1.165) is 31.2 Å². The fraction of sp³-hybridized carbons (Fsp3) is 0.467. The van der Waals surface area contributed by atoms with Crippen LogP contribution in [0.25, 0.3) is 0 Å². The van der Waals surface area contributed by atoms with Gasteiger partial charge in [0.15, 0.2) is 0 Å². The van der Waals surface area contributed by atoms with Crippen LogP contribution in [0.5, 0.6) is 0 Å². The number of carbonyl (C=O) groups excluding carboxylic acids is 1. The molecule has 0 aromatic heterocycles. The highest BCUT2D eigenvalue weighted by molar-refractivity contribution is 7.80. The lowest BCUT2D eigenvalue weighted by Crippen LogP contribution is -2.30. The van der Waals surface area contributed by atoms with Crippen molar-refractivity contribution in [3.8, 4) is 0 Å². The summed E-state index contributed by atoms with van der Waals surface area (Å²) in [6.07, 6.45) is 3.40. The molecule has 104 valence electrons. The number of rotatable bonds is 8. The van der Waals surface area contributed by atoms with Crippen LogP contribution in [0.2, 0.25) is 0 Å². The van der Waals surface area contributed by atoms with E-state index in [9.17, 15) is 4.79 Å². The summed E-state index contributed by atoms with van der Waals surface area (Å²) >= 11 is 4.81. The van der Waals surface area contributed by atoms with Crippen LogP contribution in [0.1, 0.15) is 44.1 Å². The zero-order valence-corrected chi connectivity index (χ0v) is 12.2. The van der Waals surface area contributed by atoms with E-state index in [0.29, 0.717) is 11.5 Å². The zero-order valence-electron chi connectivity index (χ0n) is 11.4. The Morgan fingerprint density at radius 2 is 2.00 bits per heavy atom. The number of nitrogens with one attached hydrogen (secondary N) is 1. The molecule has 0 aliphatic heterocycles. The maximum atomic E-state index is 12.1. The van der Waals surface area contributed by atoms with Crippen LogP contribution in [0.4, 0.5) is 0 Å². The lowest BCUT2D eigenvalue weighted by atomic mass is 9.95. The van der Waals surface area contributed by atoms with Gasteiger partial charge < -0.3 is 11.1 Å². The van der Waals surface area contributed by atoms with Gasteiger partial charge in [-0.05, 0) is 31.2 Å². The molecule has 0 bridgehead atoms. The number of hydrogen-bond acceptors (Lipinski definition) is 2. The zero-order chi connectivity index (χ0) is 14.1. The molecule has 0 radical (unpaired) electrons. The Labute approximate surface area is 120 Å². The van der Waals surface area contributed by atoms with Crippen LogP contribution in [0.15, 0.2) is 30.3 Å². The predicted molar refractivity (Wildman–Crippen MR) is 83.1 cm³/mol. The lowest BCUT2D eigenvalue weighted by Gasteiger charge is -2.15. The Morgan fingerprint density at radius 3 is 2.58 bits per heavy atom. The first-order valence-electron chi connectivity index (χ1n) is 6.76. The third-order valence-electron chi connectivity index (χ3n) is 3.08. The molecule has 1 unspecified atom stereocenters.